The molecule has 0 saturated carbocycles. The number of nitro groups is 1. The molecule has 0 aromatic heterocycles. The molecule has 42 heavy (non-hydrogen) atoms. The minimum atomic E-state index is -0.450. The second-order valence-electron chi connectivity index (χ2n) is 11.3. The van der Waals surface area contributed by atoms with Gasteiger partial charge in [-0.3, -0.25) is 24.6 Å². The van der Waals surface area contributed by atoms with Gasteiger partial charge in [0.1, 0.15) is 0 Å². The highest BCUT2D eigenvalue weighted by Crippen LogP contribution is 2.39. The maximum atomic E-state index is 13.3. The van der Waals surface area contributed by atoms with E-state index < -0.39 is 4.92 Å². The zero-order valence-corrected chi connectivity index (χ0v) is 23.6. The molecule has 216 valence electrons. The largest absolute Gasteiger partial charge is 0.354 e. The summed E-state index contributed by atoms with van der Waals surface area (Å²) in [7, 11) is 0. The molecule has 3 aliphatic heterocycles. The smallest absolute Gasteiger partial charge is 0.270 e. The van der Waals surface area contributed by atoms with Crippen LogP contribution >= 0.6 is 0 Å². The first-order chi connectivity index (χ1) is 20.4. The minimum Gasteiger partial charge on any atom is -0.354 e. The van der Waals surface area contributed by atoms with Crippen molar-refractivity contribution in [3.05, 3.63) is 99.1 Å². The van der Waals surface area contributed by atoms with Crippen LogP contribution in [0.1, 0.15) is 54.4 Å². The van der Waals surface area contributed by atoms with Gasteiger partial charge in [-0.05, 0) is 80.1 Å². The third kappa shape index (κ3) is 6.06. The molecule has 9 nitrogen and oxygen atoms in total. The molecule has 3 aromatic carbocycles. The quantitative estimate of drug-likeness (QED) is 0.196. The lowest BCUT2D eigenvalue weighted by Gasteiger charge is -2.26. The molecule has 0 aliphatic carbocycles. The van der Waals surface area contributed by atoms with E-state index in [9.17, 15) is 19.7 Å². The first kappa shape index (κ1) is 27.7. The lowest BCUT2D eigenvalue weighted by molar-refractivity contribution is -0.384. The fraction of sp³-hybridized carbons (Fsp3) is 0.333. The average Bonchev–Trinajstić information content (AvgIpc) is 3.63. The Hall–Kier alpha value is -4.50. The van der Waals surface area contributed by atoms with E-state index in [1.165, 1.54) is 30.5 Å². The van der Waals surface area contributed by atoms with Crippen molar-refractivity contribution in [3.8, 4) is 0 Å². The standard InChI is InChI=1S/C33H35N5O4/c39-30-5-1-2-19-37(30)20-16-23-6-10-25(11-7-23)32(31-28-21-27(38(41)42)14-15-29(28)35-33(31)40)34-26-12-8-24(9-13-26)22-36-17-3-4-18-36/h6-15,21,34H,1-5,16-20,22H2,(H,35,40)/b32-31-. The second-order valence-corrected chi connectivity index (χ2v) is 11.3. The Morgan fingerprint density at radius 1 is 0.881 bits per heavy atom. The van der Waals surface area contributed by atoms with Crippen molar-refractivity contribution in [3.63, 3.8) is 0 Å². The minimum absolute atomic E-state index is 0.0732. The summed E-state index contributed by atoms with van der Waals surface area (Å²) >= 11 is 0. The van der Waals surface area contributed by atoms with Crippen LogP contribution < -0.4 is 10.6 Å². The fourth-order valence-electron chi connectivity index (χ4n) is 6.03. The summed E-state index contributed by atoms with van der Waals surface area (Å²) in [6, 6.07) is 20.6. The van der Waals surface area contributed by atoms with E-state index in [1.54, 1.807) is 6.07 Å². The van der Waals surface area contributed by atoms with Crippen LogP contribution in [0.25, 0.3) is 11.3 Å². The van der Waals surface area contributed by atoms with Crippen LogP contribution in [0.3, 0.4) is 0 Å². The SMILES string of the molecule is O=C1Nc2ccc([N+](=O)[O-])cc2/C1=C(/Nc1ccc(CN2CCCC2)cc1)c1ccc(CCN2CCCCC2=O)cc1. The zero-order chi connectivity index (χ0) is 29.1. The number of non-ortho nitro benzene ring substituents is 1. The highest BCUT2D eigenvalue weighted by atomic mass is 16.6. The van der Waals surface area contributed by atoms with Gasteiger partial charge in [-0.15, -0.1) is 0 Å². The molecule has 2 N–H and O–H groups in total. The topological polar surface area (TPSA) is 108 Å². The number of nitrogens with one attached hydrogen (secondary N) is 2. The normalized spacial score (nSPS) is 18.1. The summed E-state index contributed by atoms with van der Waals surface area (Å²) in [4.78, 5) is 41.0. The summed E-state index contributed by atoms with van der Waals surface area (Å²) in [5.74, 6) is -0.0909. The Kier molecular flexibility index (Phi) is 8.01. The van der Waals surface area contributed by atoms with Gasteiger partial charge in [0.05, 0.1) is 16.2 Å². The number of carbonyl (C=O) groups excluding carboxylic acids is 2. The van der Waals surface area contributed by atoms with Crippen LogP contribution in [0.15, 0.2) is 66.7 Å². The number of hydrogen-bond acceptors (Lipinski definition) is 6. The maximum Gasteiger partial charge on any atom is 0.270 e. The summed E-state index contributed by atoms with van der Waals surface area (Å²) in [6.07, 6.45) is 5.88. The van der Waals surface area contributed by atoms with Gasteiger partial charge in [-0.2, -0.15) is 0 Å². The first-order valence-corrected chi connectivity index (χ1v) is 14.7. The van der Waals surface area contributed by atoms with Gasteiger partial charge in [0.25, 0.3) is 11.6 Å². The van der Waals surface area contributed by atoms with Crippen molar-refractivity contribution in [2.24, 2.45) is 0 Å². The molecule has 2 saturated heterocycles. The van der Waals surface area contributed by atoms with Gasteiger partial charge < -0.3 is 15.5 Å². The molecular formula is C33H35N5O4. The Balaban J connectivity index is 1.30. The van der Waals surface area contributed by atoms with Crippen molar-refractivity contribution < 1.29 is 14.5 Å². The lowest BCUT2D eigenvalue weighted by Crippen LogP contribution is -2.36. The van der Waals surface area contributed by atoms with Gasteiger partial charge in [0, 0.05) is 55.1 Å². The Bertz CT molecular complexity index is 1520. The summed E-state index contributed by atoms with van der Waals surface area (Å²) in [5, 5.41) is 17.9. The average molecular weight is 566 g/mol. The van der Waals surface area contributed by atoms with E-state index in [0.29, 0.717) is 35.5 Å². The van der Waals surface area contributed by atoms with Crippen molar-refractivity contribution in [1.82, 2.24) is 9.80 Å². The van der Waals surface area contributed by atoms with Crippen molar-refractivity contribution in [2.75, 3.05) is 36.8 Å². The van der Waals surface area contributed by atoms with Crippen LogP contribution in [0.5, 0.6) is 0 Å². The number of likely N-dealkylation sites (tertiary alicyclic amines) is 2. The van der Waals surface area contributed by atoms with E-state index in [-0.39, 0.29) is 17.5 Å². The van der Waals surface area contributed by atoms with Gasteiger partial charge in [-0.25, -0.2) is 0 Å². The number of nitrogens with zero attached hydrogens (tertiary/aromatic N) is 3. The molecule has 3 heterocycles. The van der Waals surface area contributed by atoms with E-state index in [4.69, 9.17) is 0 Å². The predicted octanol–water partition coefficient (Wildman–Crippen LogP) is 5.68. The lowest BCUT2D eigenvalue weighted by atomic mass is 9.98. The van der Waals surface area contributed by atoms with Gasteiger partial charge in [0.15, 0.2) is 0 Å². The zero-order valence-electron chi connectivity index (χ0n) is 23.6. The van der Waals surface area contributed by atoms with Gasteiger partial charge >= 0.3 is 0 Å². The van der Waals surface area contributed by atoms with Crippen LogP contribution in [0.4, 0.5) is 17.1 Å². The van der Waals surface area contributed by atoms with Crippen LogP contribution in [-0.4, -0.2) is 52.7 Å². The van der Waals surface area contributed by atoms with E-state index >= 15 is 0 Å². The van der Waals surface area contributed by atoms with E-state index in [1.807, 2.05) is 41.3 Å². The number of amides is 2. The molecule has 0 spiro atoms. The summed E-state index contributed by atoms with van der Waals surface area (Å²) in [6.45, 7) is 4.67. The third-order valence-electron chi connectivity index (χ3n) is 8.37. The molecule has 3 aliphatic rings. The first-order valence-electron chi connectivity index (χ1n) is 14.7. The maximum absolute atomic E-state index is 13.3. The molecule has 9 heteroatoms. The van der Waals surface area contributed by atoms with Gasteiger partial charge in [-0.1, -0.05) is 36.4 Å². The number of carbonyl (C=O) groups is 2. The summed E-state index contributed by atoms with van der Waals surface area (Å²) < 4.78 is 0. The van der Waals surface area contributed by atoms with Gasteiger partial charge in [0.2, 0.25) is 5.91 Å². The Labute approximate surface area is 245 Å². The van der Waals surface area contributed by atoms with Crippen molar-refractivity contribution in [2.45, 2.75) is 45.1 Å². The second kappa shape index (κ2) is 12.2. The monoisotopic (exact) mass is 565 g/mol. The number of benzene rings is 3. The molecular weight excluding hydrogens is 530 g/mol. The van der Waals surface area contributed by atoms with E-state index in [2.05, 4.69) is 27.7 Å². The van der Waals surface area contributed by atoms with Crippen LogP contribution in [0.2, 0.25) is 0 Å². The molecule has 3 aromatic rings. The van der Waals surface area contributed by atoms with Crippen molar-refractivity contribution >= 4 is 40.1 Å². The number of rotatable bonds is 9. The molecule has 0 unspecified atom stereocenters. The molecule has 0 bridgehead atoms. The van der Waals surface area contributed by atoms with Crippen LogP contribution in [0, 0.1) is 10.1 Å². The Morgan fingerprint density at radius 2 is 1.60 bits per heavy atom. The summed E-state index contributed by atoms with van der Waals surface area (Å²) in [5.41, 5.74) is 5.85. The molecule has 2 fully saturated rings. The van der Waals surface area contributed by atoms with Crippen molar-refractivity contribution in [1.29, 1.82) is 0 Å². The number of fused-ring (bicyclic) bond motifs is 1. The number of anilines is 2. The van der Waals surface area contributed by atoms with Crippen LogP contribution in [-0.2, 0) is 22.6 Å². The third-order valence-corrected chi connectivity index (χ3v) is 8.37. The molecule has 2 amide bonds. The fourth-order valence-corrected chi connectivity index (χ4v) is 6.03. The number of nitro benzene ring substituents is 1. The Morgan fingerprint density at radius 3 is 2.31 bits per heavy atom. The molecule has 6 rings (SSSR count). The highest BCUT2D eigenvalue weighted by Gasteiger charge is 2.30. The molecule has 0 atom stereocenters. The van der Waals surface area contributed by atoms with E-state index in [0.717, 1.165) is 62.3 Å². The highest BCUT2D eigenvalue weighted by molar-refractivity contribution is 6.37. The number of piperidine rings is 1. The predicted molar refractivity (Wildman–Crippen MR) is 164 cm³/mol. The molecule has 0 radical (unpaired) electrons. The number of hydrogen-bond donors (Lipinski definition) is 2.